The van der Waals surface area contributed by atoms with Gasteiger partial charge in [-0.3, -0.25) is 14.6 Å². The number of nitrogens with one attached hydrogen (secondary N) is 1. The van der Waals surface area contributed by atoms with Gasteiger partial charge in [0, 0.05) is 51.9 Å². The molecule has 1 atom stereocenters. The van der Waals surface area contributed by atoms with E-state index < -0.39 is 12.0 Å². The summed E-state index contributed by atoms with van der Waals surface area (Å²) in [5, 5.41) is 3.02. The fraction of sp³-hybridized carbons (Fsp3) is 0.560. The number of nitrogens with zero attached hydrogens (tertiary/aromatic N) is 3. The molecule has 0 saturated carbocycles. The minimum absolute atomic E-state index is 0.0678. The lowest BCUT2D eigenvalue weighted by Gasteiger charge is -2.40. The lowest BCUT2D eigenvalue weighted by Crippen LogP contribution is -2.53. The maximum absolute atomic E-state index is 13.2. The monoisotopic (exact) mass is 456 g/mol. The number of rotatable bonds is 7. The summed E-state index contributed by atoms with van der Waals surface area (Å²) in [5.74, 6) is 0.0457. The predicted octanol–water partition coefficient (Wildman–Crippen LogP) is 2.88. The van der Waals surface area contributed by atoms with Gasteiger partial charge >= 0.3 is 12.0 Å². The van der Waals surface area contributed by atoms with Crippen LogP contribution in [0.2, 0.25) is 0 Å². The standard InChI is InChI=1S/C25H36N4O4/c1-6-29-21(16-27-12-14-28(15-13-27)18(5)30)22(24(31)33-7-2)23(26-25(29)32)20-10-8-19(9-11-20)17(3)4/h8-11,17,23H,6-7,12-16H2,1-5H3,(H,26,32)/t23-/m0/s1. The maximum Gasteiger partial charge on any atom is 0.338 e. The molecule has 1 saturated heterocycles. The number of hydrogen-bond acceptors (Lipinski definition) is 5. The molecule has 2 aliphatic rings. The van der Waals surface area contributed by atoms with Crippen molar-refractivity contribution >= 4 is 17.9 Å². The van der Waals surface area contributed by atoms with Crippen LogP contribution in [-0.4, -0.2) is 78.5 Å². The summed E-state index contributed by atoms with van der Waals surface area (Å²) in [4.78, 5) is 43.6. The third-order valence-electron chi connectivity index (χ3n) is 6.38. The second kappa shape index (κ2) is 10.8. The summed E-state index contributed by atoms with van der Waals surface area (Å²) in [6.07, 6.45) is 0. The van der Waals surface area contributed by atoms with Crippen molar-refractivity contribution in [2.75, 3.05) is 45.9 Å². The molecular formula is C25H36N4O4. The Morgan fingerprint density at radius 3 is 2.24 bits per heavy atom. The van der Waals surface area contributed by atoms with Crippen LogP contribution in [0.1, 0.15) is 57.7 Å². The van der Waals surface area contributed by atoms with Gasteiger partial charge in [0.1, 0.15) is 0 Å². The summed E-state index contributed by atoms with van der Waals surface area (Å²) < 4.78 is 5.44. The number of carbonyl (C=O) groups excluding carboxylic acids is 3. The highest BCUT2D eigenvalue weighted by Gasteiger charge is 2.38. The Kier molecular flexibility index (Phi) is 8.13. The summed E-state index contributed by atoms with van der Waals surface area (Å²) in [5.41, 5.74) is 3.20. The Morgan fingerprint density at radius 1 is 1.09 bits per heavy atom. The number of hydrogen-bond donors (Lipinski definition) is 1. The maximum atomic E-state index is 13.2. The molecule has 1 fully saturated rings. The largest absolute Gasteiger partial charge is 0.463 e. The van der Waals surface area contributed by atoms with Gasteiger partial charge in [-0.15, -0.1) is 0 Å². The highest BCUT2D eigenvalue weighted by Crippen LogP contribution is 2.33. The van der Waals surface area contributed by atoms with E-state index >= 15 is 0 Å². The first kappa shape index (κ1) is 24.8. The van der Waals surface area contributed by atoms with Gasteiger partial charge in [-0.2, -0.15) is 0 Å². The summed E-state index contributed by atoms with van der Waals surface area (Å²) in [6.45, 7) is 13.3. The van der Waals surface area contributed by atoms with Gasteiger partial charge in [-0.05, 0) is 30.9 Å². The number of ether oxygens (including phenoxy) is 1. The molecule has 0 spiro atoms. The van der Waals surface area contributed by atoms with Crippen LogP contribution < -0.4 is 5.32 Å². The number of likely N-dealkylation sites (N-methyl/N-ethyl adjacent to an activating group) is 1. The lowest BCUT2D eigenvalue weighted by atomic mass is 9.92. The molecule has 2 heterocycles. The molecule has 8 heteroatoms. The molecule has 0 unspecified atom stereocenters. The predicted molar refractivity (Wildman–Crippen MR) is 127 cm³/mol. The molecule has 0 radical (unpaired) electrons. The van der Waals surface area contributed by atoms with Crippen molar-refractivity contribution in [1.29, 1.82) is 0 Å². The van der Waals surface area contributed by atoms with E-state index in [2.05, 4.69) is 24.1 Å². The zero-order valence-electron chi connectivity index (χ0n) is 20.4. The smallest absolute Gasteiger partial charge is 0.338 e. The number of carbonyl (C=O) groups is 3. The van der Waals surface area contributed by atoms with Crippen LogP contribution in [0, 0.1) is 0 Å². The molecule has 1 N–H and O–H groups in total. The number of benzene rings is 1. The molecule has 1 aromatic carbocycles. The first-order valence-corrected chi connectivity index (χ1v) is 11.8. The molecule has 0 bridgehead atoms. The summed E-state index contributed by atoms with van der Waals surface area (Å²) in [6, 6.07) is 7.24. The summed E-state index contributed by atoms with van der Waals surface area (Å²) in [7, 11) is 0. The fourth-order valence-electron chi connectivity index (χ4n) is 4.41. The highest BCUT2D eigenvalue weighted by atomic mass is 16.5. The Balaban J connectivity index is 1.99. The van der Waals surface area contributed by atoms with Crippen LogP contribution in [0.4, 0.5) is 4.79 Å². The van der Waals surface area contributed by atoms with Gasteiger partial charge in [0.05, 0.1) is 18.2 Å². The van der Waals surface area contributed by atoms with E-state index in [4.69, 9.17) is 4.74 Å². The first-order valence-electron chi connectivity index (χ1n) is 11.8. The topological polar surface area (TPSA) is 82.2 Å². The van der Waals surface area contributed by atoms with Crippen LogP contribution in [0.5, 0.6) is 0 Å². The van der Waals surface area contributed by atoms with E-state index in [9.17, 15) is 14.4 Å². The van der Waals surface area contributed by atoms with Crippen LogP contribution in [0.3, 0.4) is 0 Å². The normalized spacial score (nSPS) is 19.7. The third kappa shape index (κ3) is 5.55. The number of esters is 1. The van der Waals surface area contributed by atoms with Crippen LogP contribution in [0.15, 0.2) is 35.5 Å². The minimum atomic E-state index is -0.575. The molecule has 8 nitrogen and oxygen atoms in total. The molecule has 2 aliphatic heterocycles. The molecule has 3 amide bonds. The van der Waals surface area contributed by atoms with Crippen molar-refractivity contribution in [2.24, 2.45) is 0 Å². The highest BCUT2D eigenvalue weighted by molar-refractivity contribution is 5.95. The molecule has 180 valence electrons. The SMILES string of the molecule is CCOC(=O)C1=C(CN2CCN(C(C)=O)CC2)N(CC)C(=O)N[C@H]1c1ccc(C(C)C)cc1. The van der Waals surface area contributed by atoms with E-state index in [-0.39, 0.29) is 18.5 Å². The fourth-order valence-corrected chi connectivity index (χ4v) is 4.41. The van der Waals surface area contributed by atoms with Crippen LogP contribution in [0.25, 0.3) is 0 Å². The van der Waals surface area contributed by atoms with Crippen LogP contribution >= 0.6 is 0 Å². The summed E-state index contributed by atoms with van der Waals surface area (Å²) >= 11 is 0. The molecular weight excluding hydrogens is 420 g/mol. The quantitative estimate of drug-likeness (QED) is 0.638. The van der Waals surface area contributed by atoms with Crippen molar-refractivity contribution < 1.29 is 19.1 Å². The molecule has 0 aliphatic carbocycles. The number of urea groups is 1. The van der Waals surface area contributed by atoms with Gasteiger partial charge in [-0.25, -0.2) is 9.59 Å². The third-order valence-corrected chi connectivity index (χ3v) is 6.38. The molecule has 3 rings (SSSR count). The molecule has 0 aromatic heterocycles. The van der Waals surface area contributed by atoms with Gasteiger partial charge in [-0.1, -0.05) is 38.1 Å². The zero-order valence-corrected chi connectivity index (χ0v) is 20.4. The van der Waals surface area contributed by atoms with Crippen molar-refractivity contribution in [2.45, 2.75) is 46.6 Å². The number of piperazine rings is 1. The van der Waals surface area contributed by atoms with Crippen molar-refractivity contribution in [1.82, 2.24) is 20.0 Å². The average Bonchev–Trinajstić information content (AvgIpc) is 2.79. The van der Waals surface area contributed by atoms with Crippen LogP contribution in [-0.2, 0) is 14.3 Å². The van der Waals surface area contributed by atoms with Crippen molar-refractivity contribution in [3.8, 4) is 0 Å². The molecule has 1 aromatic rings. The van der Waals surface area contributed by atoms with E-state index in [1.165, 1.54) is 5.56 Å². The first-order chi connectivity index (χ1) is 15.8. The van der Waals surface area contributed by atoms with E-state index in [0.29, 0.717) is 56.5 Å². The second-order valence-electron chi connectivity index (χ2n) is 8.81. The number of amides is 3. The van der Waals surface area contributed by atoms with E-state index in [1.54, 1.807) is 18.7 Å². The Bertz CT molecular complexity index is 901. The second-order valence-corrected chi connectivity index (χ2v) is 8.81. The zero-order chi connectivity index (χ0) is 24.1. The Morgan fingerprint density at radius 2 is 1.73 bits per heavy atom. The van der Waals surface area contributed by atoms with Gasteiger partial charge in [0.15, 0.2) is 0 Å². The van der Waals surface area contributed by atoms with Gasteiger partial charge in [0.25, 0.3) is 0 Å². The van der Waals surface area contributed by atoms with E-state index in [0.717, 1.165) is 5.56 Å². The average molecular weight is 457 g/mol. The Hall–Kier alpha value is -2.87. The van der Waals surface area contributed by atoms with Crippen molar-refractivity contribution in [3.05, 3.63) is 46.7 Å². The molecule has 33 heavy (non-hydrogen) atoms. The van der Waals surface area contributed by atoms with Gasteiger partial charge in [0.2, 0.25) is 5.91 Å². The van der Waals surface area contributed by atoms with Crippen molar-refractivity contribution in [3.63, 3.8) is 0 Å². The Labute approximate surface area is 196 Å². The van der Waals surface area contributed by atoms with E-state index in [1.807, 2.05) is 36.1 Å². The minimum Gasteiger partial charge on any atom is -0.463 e. The lowest BCUT2D eigenvalue weighted by molar-refractivity contribution is -0.139. The van der Waals surface area contributed by atoms with Gasteiger partial charge < -0.3 is 15.0 Å².